The number of fused-ring (bicyclic) bond motifs is 1. The molecule has 0 aliphatic carbocycles. The highest BCUT2D eigenvalue weighted by Crippen LogP contribution is 2.33. The summed E-state index contributed by atoms with van der Waals surface area (Å²) in [6, 6.07) is 12.5. The number of hydrogen-bond acceptors (Lipinski definition) is 7. The van der Waals surface area contributed by atoms with Gasteiger partial charge in [0.1, 0.15) is 6.54 Å². The fourth-order valence-electron chi connectivity index (χ4n) is 2.70. The maximum Gasteiger partial charge on any atom is 0.269 e. The Morgan fingerprint density at radius 3 is 2.67 bits per heavy atom. The van der Waals surface area contributed by atoms with Crippen LogP contribution in [0.2, 0.25) is 10.0 Å². The molecule has 0 aliphatic rings. The molecule has 0 unspecified atom stereocenters. The molecule has 0 atom stereocenters. The van der Waals surface area contributed by atoms with E-state index in [-0.39, 0.29) is 18.0 Å². The zero-order valence-electron chi connectivity index (χ0n) is 15.2. The minimum atomic E-state index is -0.379. The maximum absolute atomic E-state index is 12.5. The molecule has 4 rings (SSSR count). The zero-order valence-corrected chi connectivity index (χ0v) is 18.4. The zero-order chi connectivity index (χ0) is 21.1. The van der Waals surface area contributed by atoms with Crippen LogP contribution < -0.4 is 10.9 Å². The van der Waals surface area contributed by atoms with Gasteiger partial charge in [0.25, 0.3) is 5.56 Å². The molecule has 11 heteroatoms. The van der Waals surface area contributed by atoms with Crippen molar-refractivity contribution in [2.75, 3.05) is 5.32 Å². The number of aromatic nitrogens is 4. The number of benzene rings is 2. The highest BCUT2D eigenvalue weighted by molar-refractivity contribution is 8.00. The Morgan fingerprint density at radius 2 is 1.87 bits per heavy atom. The molecule has 2 aromatic carbocycles. The van der Waals surface area contributed by atoms with Crippen molar-refractivity contribution in [2.45, 2.75) is 16.6 Å². The van der Waals surface area contributed by atoms with E-state index >= 15 is 0 Å². The lowest BCUT2D eigenvalue weighted by molar-refractivity contribution is -0.116. The maximum atomic E-state index is 12.5. The molecule has 0 aliphatic heterocycles. The predicted octanol–water partition coefficient (Wildman–Crippen LogP) is 4.49. The van der Waals surface area contributed by atoms with Crippen LogP contribution in [0.3, 0.4) is 0 Å². The summed E-state index contributed by atoms with van der Waals surface area (Å²) < 4.78 is 2.03. The van der Waals surface area contributed by atoms with Gasteiger partial charge in [-0.05, 0) is 29.8 Å². The molecule has 0 radical (unpaired) electrons. The minimum Gasteiger partial charge on any atom is -0.299 e. The highest BCUT2D eigenvalue weighted by Gasteiger charge is 2.13. The van der Waals surface area contributed by atoms with E-state index in [0.717, 1.165) is 5.56 Å². The largest absolute Gasteiger partial charge is 0.299 e. The third-order valence-electron chi connectivity index (χ3n) is 4.11. The summed E-state index contributed by atoms with van der Waals surface area (Å²) in [6.45, 7) is -0.154. The standard InChI is InChI=1S/C19H13Cl2N5O2S2/c20-12-4-3-5-13(21)11(12)10-29-19-25-24-18(30-19)23-16(27)9-26-15-7-2-1-6-14(15)22-8-17(26)28/h1-8H,9-10H2,(H,23,24,27). The van der Waals surface area contributed by atoms with Gasteiger partial charge in [0, 0.05) is 15.8 Å². The number of para-hydroxylation sites is 2. The van der Waals surface area contributed by atoms with Gasteiger partial charge in [-0.2, -0.15) is 0 Å². The number of thioether (sulfide) groups is 1. The molecule has 7 nitrogen and oxygen atoms in total. The lowest BCUT2D eigenvalue weighted by Crippen LogP contribution is -2.27. The first-order valence-corrected chi connectivity index (χ1v) is 11.2. The Bertz CT molecular complexity index is 1270. The van der Waals surface area contributed by atoms with E-state index in [4.69, 9.17) is 23.2 Å². The number of anilines is 1. The van der Waals surface area contributed by atoms with E-state index in [9.17, 15) is 9.59 Å². The molecule has 0 bridgehead atoms. The molecule has 1 amide bonds. The van der Waals surface area contributed by atoms with Crippen molar-refractivity contribution < 1.29 is 4.79 Å². The number of halogens is 2. The Hall–Kier alpha value is -2.46. The van der Waals surface area contributed by atoms with Crippen LogP contribution in [0.25, 0.3) is 11.0 Å². The monoisotopic (exact) mass is 477 g/mol. The molecule has 2 heterocycles. The summed E-state index contributed by atoms with van der Waals surface area (Å²) in [6.07, 6.45) is 1.20. The van der Waals surface area contributed by atoms with Gasteiger partial charge >= 0.3 is 0 Å². The number of nitrogens with zero attached hydrogens (tertiary/aromatic N) is 4. The Kier molecular flexibility index (Phi) is 6.33. The van der Waals surface area contributed by atoms with Gasteiger partial charge in [0.05, 0.1) is 17.2 Å². The molecule has 0 saturated heterocycles. The molecule has 2 aromatic heterocycles. The van der Waals surface area contributed by atoms with Crippen LogP contribution in [0.15, 0.2) is 57.8 Å². The highest BCUT2D eigenvalue weighted by atomic mass is 35.5. The second-order valence-electron chi connectivity index (χ2n) is 6.08. The third-order valence-corrected chi connectivity index (χ3v) is 6.82. The topological polar surface area (TPSA) is 89.8 Å². The Balaban J connectivity index is 1.43. The van der Waals surface area contributed by atoms with E-state index < -0.39 is 0 Å². The van der Waals surface area contributed by atoms with Crippen LogP contribution >= 0.6 is 46.3 Å². The molecule has 0 spiro atoms. The average Bonchev–Trinajstić information content (AvgIpc) is 3.17. The second kappa shape index (κ2) is 9.13. The van der Waals surface area contributed by atoms with Crippen LogP contribution in [-0.4, -0.2) is 25.7 Å². The Labute approximate surface area is 189 Å². The fraction of sp³-hybridized carbons (Fsp3) is 0.105. The molecule has 4 aromatic rings. The van der Waals surface area contributed by atoms with Crippen molar-refractivity contribution in [3.8, 4) is 0 Å². The molecule has 1 N–H and O–H groups in total. The third kappa shape index (κ3) is 4.65. The first-order valence-electron chi connectivity index (χ1n) is 8.65. The van der Waals surface area contributed by atoms with E-state index in [1.165, 1.54) is 33.9 Å². The lowest BCUT2D eigenvalue weighted by atomic mass is 10.2. The van der Waals surface area contributed by atoms with Crippen molar-refractivity contribution in [3.05, 3.63) is 74.6 Å². The van der Waals surface area contributed by atoms with E-state index in [1.807, 2.05) is 6.07 Å². The van der Waals surface area contributed by atoms with Gasteiger partial charge < -0.3 is 0 Å². The SMILES string of the molecule is O=C(Cn1c(=O)cnc2ccccc21)Nc1nnc(SCc2c(Cl)cccc2Cl)s1. The number of hydrogen-bond donors (Lipinski definition) is 1. The second-order valence-corrected chi connectivity index (χ2v) is 9.10. The summed E-state index contributed by atoms with van der Waals surface area (Å²) in [5.41, 5.74) is 1.69. The van der Waals surface area contributed by atoms with Crippen molar-refractivity contribution in [2.24, 2.45) is 0 Å². The summed E-state index contributed by atoms with van der Waals surface area (Å²) in [7, 11) is 0. The molecule has 0 saturated carbocycles. The van der Waals surface area contributed by atoms with E-state index in [1.54, 1.807) is 36.4 Å². The smallest absolute Gasteiger partial charge is 0.269 e. The number of nitrogens with one attached hydrogen (secondary N) is 1. The Morgan fingerprint density at radius 1 is 1.10 bits per heavy atom. The first kappa shape index (κ1) is 20.8. The molecular weight excluding hydrogens is 465 g/mol. The van der Waals surface area contributed by atoms with Crippen molar-refractivity contribution >= 4 is 68.4 Å². The molecular formula is C19H13Cl2N5O2S2. The molecule has 0 fully saturated rings. The fourth-order valence-corrected chi connectivity index (χ4v) is 5.21. The van der Waals surface area contributed by atoms with Gasteiger partial charge in [0.15, 0.2) is 4.34 Å². The normalized spacial score (nSPS) is 11.0. The van der Waals surface area contributed by atoms with Gasteiger partial charge in [-0.1, -0.05) is 64.5 Å². The van der Waals surface area contributed by atoms with Crippen LogP contribution in [0.4, 0.5) is 5.13 Å². The van der Waals surface area contributed by atoms with Crippen LogP contribution in [0, 0.1) is 0 Å². The number of amides is 1. The summed E-state index contributed by atoms with van der Waals surface area (Å²) >= 11 is 15.0. The number of rotatable bonds is 6. The van der Waals surface area contributed by atoms with Crippen molar-refractivity contribution in [3.63, 3.8) is 0 Å². The predicted molar refractivity (Wildman–Crippen MR) is 121 cm³/mol. The van der Waals surface area contributed by atoms with Gasteiger partial charge in [-0.3, -0.25) is 19.5 Å². The summed E-state index contributed by atoms with van der Waals surface area (Å²) in [5.74, 6) is 0.148. The quantitative estimate of drug-likeness (QED) is 0.325. The van der Waals surface area contributed by atoms with Crippen molar-refractivity contribution in [1.82, 2.24) is 19.7 Å². The molecule has 152 valence electrons. The lowest BCUT2D eigenvalue weighted by Gasteiger charge is -2.08. The first-order chi connectivity index (χ1) is 14.5. The van der Waals surface area contributed by atoms with E-state index in [0.29, 0.717) is 36.3 Å². The number of carbonyl (C=O) groups is 1. The summed E-state index contributed by atoms with van der Waals surface area (Å²) in [4.78, 5) is 28.7. The van der Waals surface area contributed by atoms with Crippen LogP contribution in [0.1, 0.15) is 5.56 Å². The van der Waals surface area contributed by atoms with Crippen LogP contribution in [0.5, 0.6) is 0 Å². The van der Waals surface area contributed by atoms with E-state index in [2.05, 4.69) is 20.5 Å². The van der Waals surface area contributed by atoms with Gasteiger partial charge in [0.2, 0.25) is 11.0 Å². The molecule has 30 heavy (non-hydrogen) atoms. The summed E-state index contributed by atoms with van der Waals surface area (Å²) in [5, 5.41) is 12.3. The van der Waals surface area contributed by atoms with Crippen LogP contribution in [-0.2, 0) is 17.1 Å². The number of carbonyl (C=O) groups excluding carboxylic acids is 1. The van der Waals surface area contributed by atoms with Gasteiger partial charge in [-0.15, -0.1) is 10.2 Å². The van der Waals surface area contributed by atoms with Gasteiger partial charge in [-0.25, -0.2) is 4.98 Å². The average molecular weight is 478 g/mol. The van der Waals surface area contributed by atoms with Crippen molar-refractivity contribution in [1.29, 1.82) is 0 Å². The minimum absolute atomic E-state index is 0.154.